The van der Waals surface area contributed by atoms with E-state index in [-0.39, 0.29) is 23.9 Å². The number of cyclic esters (lactones) is 1. The van der Waals surface area contributed by atoms with Crippen molar-refractivity contribution in [1.82, 2.24) is 0 Å². The number of esters is 1. The Kier molecular flexibility index (Phi) is 7.49. The van der Waals surface area contributed by atoms with Gasteiger partial charge in [-0.25, -0.2) is 9.79 Å². The summed E-state index contributed by atoms with van der Waals surface area (Å²) in [5, 5.41) is 10.8. The third-order valence-electron chi connectivity index (χ3n) is 5.53. The number of aliphatic imine (C=N–C) groups is 1. The molecule has 0 saturated carbocycles. The molecule has 1 heterocycles. The van der Waals surface area contributed by atoms with E-state index in [9.17, 15) is 14.9 Å². The first-order valence-electron chi connectivity index (χ1n) is 11.1. The highest BCUT2D eigenvalue weighted by Crippen LogP contribution is 2.38. The van der Waals surface area contributed by atoms with Gasteiger partial charge < -0.3 is 14.2 Å². The monoisotopic (exact) mass is 550 g/mol. The molecule has 184 valence electrons. The smallest absolute Gasteiger partial charge is 0.363 e. The molecule has 1 aliphatic heterocycles. The SMILES string of the molecule is COc1cc(/C=C2\N=C(c3ccc(C(C)C)cc3)OC2=O)cc(Br)c1OCc1ccc([N+](=O)[O-])cc1. The third kappa shape index (κ3) is 5.63. The normalized spacial score (nSPS) is 14.1. The molecular weight excluding hydrogens is 528 g/mol. The second kappa shape index (κ2) is 10.7. The molecule has 1 aliphatic rings. The fraction of sp³-hybridized carbons (Fsp3) is 0.185. The summed E-state index contributed by atoms with van der Waals surface area (Å²) in [5.74, 6) is 1.03. The van der Waals surface area contributed by atoms with Gasteiger partial charge in [0.25, 0.3) is 5.69 Å². The minimum atomic E-state index is -0.536. The minimum Gasteiger partial charge on any atom is -0.493 e. The van der Waals surface area contributed by atoms with E-state index in [1.807, 2.05) is 24.3 Å². The molecule has 0 aliphatic carbocycles. The predicted molar refractivity (Wildman–Crippen MR) is 139 cm³/mol. The molecule has 0 bridgehead atoms. The summed E-state index contributed by atoms with van der Waals surface area (Å²) in [7, 11) is 1.51. The van der Waals surface area contributed by atoms with Gasteiger partial charge >= 0.3 is 5.97 Å². The topological polar surface area (TPSA) is 100 Å². The van der Waals surface area contributed by atoms with Crippen LogP contribution in [-0.4, -0.2) is 23.9 Å². The van der Waals surface area contributed by atoms with Crippen LogP contribution in [0, 0.1) is 10.1 Å². The van der Waals surface area contributed by atoms with Crippen molar-refractivity contribution in [3.63, 3.8) is 0 Å². The van der Waals surface area contributed by atoms with Crippen LogP contribution in [0.4, 0.5) is 5.69 Å². The Morgan fingerprint density at radius 1 is 1.11 bits per heavy atom. The third-order valence-corrected chi connectivity index (χ3v) is 6.12. The van der Waals surface area contributed by atoms with E-state index < -0.39 is 10.9 Å². The molecule has 0 unspecified atom stereocenters. The number of benzene rings is 3. The number of rotatable bonds is 8. The Labute approximate surface area is 216 Å². The van der Waals surface area contributed by atoms with Gasteiger partial charge in [0.05, 0.1) is 16.5 Å². The number of nitro groups is 1. The summed E-state index contributed by atoms with van der Waals surface area (Å²) in [6, 6.07) is 17.4. The van der Waals surface area contributed by atoms with Crippen molar-refractivity contribution >= 4 is 39.6 Å². The molecular formula is C27H23BrN2O6. The average molecular weight is 551 g/mol. The number of carbonyl (C=O) groups is 1. The highest BCUT2D eigenvalue weighted by atomic mass is 79.9. The molecule has 0 N–H and O–H groups in total. The van der Waals surface area contributed by atoms with Crippen molar-refractivity contribution < 1.29 is 23.9 Å². The maximum absolute atomic E-state index is 12.5. The summed E-state index contributed by atoms with van der Waals surface area (Å²) in [4.78, 5) is 27.2. The summed E-state index contributed by atoms with van der Waals surface area (Å²) >= 11 is 3.50. The van der Waals surface area contributed by atoms with Crippen LogP contribution >= 0.6 is 15.9 Å². The van der Waals surface area contributed by atoms with Gasteiger partial charge in [-0.1, -0.05) is 26.0 Å². The second-order valence-corrected chi connectivity index (χ2v) is 9.21. The molecule has 0 amide bonds. The lowest BCUT2D eigenvalue weighted by Gasteiger charge is -2.13. The lowest BCUT2D eigenvalue weighted by molar-refractivity contribution is -0.384. The lowest BCUT2D eigenvalue weighted by Crippen LogP contribution is -2.05. The molecule has 8 nitrogen and oxygen atoms in total. The maximum atomic E-state index is 12.5. The fourth-order valence-corrected chi connectivity index (χ4v) is 4.11. The van der Waals surface area contributed by atoms with Crippen molar-refractivity contribution in [2.45, 2.75) is 26.4 Å². The molecule has 3 aromatic carbocycles. The van der Waals surface area contributed by atoms with Gasteiger partial charge in [0.2, 0.25) is 5.90 Å². The van der Waals surface area contributed by atoms with Gasteiger partial charge in [0.1, 0.15) is 6.61 Å². The Morgan fingerprint density at radius 2 is 1.81 bits per heavy atom. The minimum absolute atomic E-state index is 0.0127. The Morgan fingerprint density at radius 3 is 2.42 bits per heavy atom. The quantitative estimate of drug-likeness (QED) is 0.139. The summed E-state index contributed by atoms with van der Waals surface area (Å²) in [6.45, 7) is 4.41. The van der Waals surface area contributed by atoms with Crippen molar-refractivity contribution in [1.29, 1.82) is 0 Å². The number of carbonyl (C=O) groups excluding carboxylic acids is 1. The van der Waals surface area contributed by atoms with Gasteiger partial charge in [-0.05, 0) is 81.0 Å². The number of methoxy groups -OCH3 is 1. The van der Waals surface area contributed by atoms with E-state index in [1.165, 1.54) is 24.8 Å². The van der Waals surface area contributed by atoms with Crippen molar-refractivity contribution in [2.24, 2.45) is 4.99 Å². The average Bonchev–Trinajstić information content (AvgIpc) is 3.23. The first kappa shape index (κ1) is 25.1. The highest BCUT2D eigenvalue weighted by molar-refractivity contribution is 9.10. The van der Waals surface area contributed by atoms with E-state index in [2.05, 4.69) is 34.8 Å². The first-order chi connectivity index (χ1) is 17.2. The van der Waals surface area contributed by atoms with Crippen molar-refractivity contribution in [3.8, 4) is 11.5 Å². The molecule has 0 saturated heterocycles. The van der Waals surface area contributed by atoms with Crippen molar-refractivity contribution in [2.75, 3.05) is 7.11 Å². The zero-order valence-electron chi connectivity index (χ0n) is 19.9. The zero-order chi connectivity index (χ0) is 25.8. The van der Waals surface area contributed by atoms with Gasteiger partial charge in [0.15, 0.2) is 17.2 Å². The largest absolute Gasteiger partial charge is 0.493 e. The molecule has 0 radical (unpaired) electrons. The summed E-state index contributed by atoms with van der Waals surface area (Å²) in [5.41, 5.74) is 3.52. The zero-order valence-corrected chi connectivity index (χ0v) is 21.4. The Bertz CT molecular complexity index is 1360. The molecule has 0 aromatic heterocycles. The van der Waals surface area contributed by atoms with Crippen LogP contribution in [0.1, 0.15) is 42.0 Å². The fourth-order valence-electron chi connectivity index (χ4n) is 3.53. The number of halogens is 1. The molecule has 0 atom stereocenters. The first-order valence-corrected chi connectivity index (χ1v) is 11.9. The second-order valence-electron chi connectivity index (χ2n) is 8.36. The predicted octanol–water partition coefficient (Wildman–Crippen LogP) is 6.41. The van der Waals surface area contributed by atoms with Crippen LogP contribution in [0.5, 0.6) is 11.5 Å². The number of non-ortho nitro benzene ring substituents is 1. The van der Waals surface area contributed by atoms with Gasteiger partial charge in [-0.15, -0.1) is 0 Å². The molecule has 0 spiro atoms. The van der Waals surface area contributed by atoms with E-state index in [0.717, 1.165) is 11.1 Å². The van der Waals surface area contributed by atoms with Crippen LogP contribution < -0.4 is 9.47 Å². The Hall–Kier alpha value is -3.98. The number of nitro benzene ring substituents is 1. The van der Waals surface area contributed by atoms with E-state index in [0.29, 0.717) is 27.5 Å². The van der Waals surface area contributed by atoms with Crippen molar-refractivity contribution in [3.05, 3.63) is 103 Å². The van der Waals surface area contributed by atoms with Gasteiger partial charge in [-0.2, -0.15) is 0 Å². The molecule has 9 heteroatoms. The van der Waals surface area contributed by atoms with Crippen LogP contribution in [0.25, 0.3) is 6.08 Å². The van der Waals surface area contributed by atoms with Crippen LogP contribution in [0.15, 0.2) is 75.8 Å². The van der Waals surface area contributed by atoms with Crippen LogP contribution in [0.2, 0.25) is 0 Å². The van der Waals surface area contributed by atoms with Gasteiger partial charge in [-0.3, -0.25) is 10.1 Å². The van der Waals surface area contributed by atoms with E-state index >= 15 is 0 Å². The summed E-state index contributed by atoms with van der Waals surface area (Å²) < 4.78 is 17.4. The van der Waals surface area contributed by atoms with Crippen LogP contribution in [0.3, 0.4) is 0 Å². The molecule has 36 heavy (non-hydrogen) atoms. The number of ether oxygens (including phenoxy) is 3. The lowest BCUT2D eigenvalue weighted by atomic mass is 10.0. The van der Waals surface area contributed by atoms with Crippen LogP contribution in [-0.2, 0) is 16.1 Å². The Balaban J connectivity index is 1.54. The molecule has 4 rings (SSSR count). The molecule has 3 aromatic rings. The molecule has 0 fully saturated rings. The maximum Gasteiger partial charge on any atom is 0.363 e. The van der Waals surface area contributed by atoms with Gasteiger partial charge in [0, 0.05) is 17.7 Å². The number of hydrogen-bond donors (Lipinski definition) is 0. The highest BCUT2D eigenvalue weighted by Gasteiger charge is 2.24. The standard InChI is InChI=1S/C27H23BrN2O6/c1-16(2)19-6-8-20(9-7-19)26-29-23(27(31)36-26)13-18-12-22(28)25(24(14-18)34-3)35-15-17-4-10-21(11-5-17)30(32)33/h4-14,16H,15H2,1-3H3/b23-13-. The van der Waals surface area contributed by atoms with E-state index in [1.54, 1.807) is 30.3 Å². The number of nitrogens with zero attached hydrogens (tertiary/aromatic N) is 2. The van der Waals surface area contributed by atoms with E-state index in [4.69, 9.17) is 14.2 Å². The summed E-state index contributed by atoms with van der Waals surface area (Å²) in [6.07, 6.45) is 1.62. The number of hydrogen-bond acceptors (Lipinski definition) is 7.